The van der Waals surface area contributed by atoms with Gasteiger partial charge >= 0.3 is 0 Å². The number of nitrogens with two attached hydrogens (primary N) is 1. The average molecular weight is 276 g/mol. The molecule has 106 valence electrons. The van der Waals surface area contributed by atoms with E-state index in [9.17, 15) is 9.18 Å². The fraction of sp³-hybridized carbons (Fsp3) is 0.286. The number of aromatic nitrogens is 2. The van der Waals surface area contributed by atoms with Crippen molar-refractivity contribution in [2.24, 2.45) is 0 Å². The van der Waals surface area contributed by atoms with Gasteiger partial charge in [0.25, 0.3) is 0 Å². The Labute approximate surface area is 116 Å². The van der Waals surface area contributed by atoms with Gasteiger partial charge in [-0.05, 0) is 31.0 Å². The van der Waals surface area contributed by atoms with Crippen LogP contribution in [0.4, 0.5) is 10.1 Å². The van der Waals surface area contributed by atoms with Crippen molar-refractivity contribution < 1.29 is 9.18 Å². The Hall–Kier alpha value is -2.37. The smallest absolute Gasteiger partial charge is 0.241 e. The maximum atomic E-state index is 12.8. The van der Waals surface area contributed by atoms with Crippen LogP contribution in [0.3, 0.4) is 0 Å². The molecule has 1 heterocycles. The molecule has 0 saturated heterocycles. The van der Waals surface area contributed by atoms with Gasteiger partial charge in [-0.25, -0.2) is 4.39 Å². The number of nitrogen functional groups attached to an aromatic ring is 1. The Morgan fingerprint density at radius 2 is 2.15 bits per heavy atom. The summed E-state index contributed by atoms with van der Waals surface area (Å²) in [5.41, 5.74) is 7.02. The highest BCUT2D eigenvalue weighted by molar-refractivity contribution is 5.76. The number of nitrogens with one attached hydrogen (secondary N) is 1. The highest BCUT2D eigenvalue weighted by Gasteiger charge is 2.09. The van der Waals surface area contributed by atoms with Crippen molar-refractivity contribution in [3.63, 3.8) is 0 Å². The van der Waals surface area contributed by atoms with Crippen molar-refractivity contribution in [3.05, 3.63) is 48.0 Å². The highest BCUT2D eigenvalue weighted by Crippen LogP contribution is 2.06. The first-order valence-electron chi connectivity index (χ1n) is 6.34. The zero-order chi connectivity index (χ0) is 14.5. The van der Waals surface area contributed by atoms with Crippen LogP contribution >= 0.6 is 0 Å². The van der Waals surface area contributed by atoms with Crippen LogP contribution in [0, 0.1) is 5.82 Å². The molecule has 3 N–H and O–H groups in total. The molecule has 1 aromatic heterocycles. The van der Waals surface area contributed by atoms with E-state index in [4.69, 9.17) is 5.73 Å². The Balaban J connectivity index is 1.83. The molecule has 1 amide bonds. The lowest BCUT2D eigenvalue weighted by molar-refractivity contribution is -0.122. The Kier molecular flexibility index (Phi) is 4.34. The van der Waals surface area contributed by atoms with Crippen LogP contribution < -0.4 is 11.1 Å². The molecule has 0 aliphatic heterocycles. The van der Waals surface area contributed by atoms with Gasteiger partial charge in [0.15, 0.2) is 0 Å². The summed E-state index contributed by atoms with van der Waals surface area (Å²) in [5.74, 6) is -0.399. The molecule has 2 rings (SSSR count). The zero-order valence-electron chi connectivity index (χ0n) is 11.2. The van der Waals surface area contributed by atoms with Crippen molar-refractivity contribution >= 4 is 11.6 Å². The normalized spacial score (nSPS) is 12.1. The zero-order valence-corrected chi connectivity index (χ0v) is 11.2. The van der Waals surface area contributed by atoms with E-state index in [1.807, 2.05) is 6.92 Å². The fourth-order valence-corrected chi connectivity index (χ4v) is 1.96. The molecule has 6 heteroatoms. The Morgan fingerprint density at radius 3 is 2.75 bits per heavy atom. The molecule has 0 aliphatic carbocycles. The second-order valence-corrected chi connectivity index (χ2v) is 4.77. The molecule has 0 saturated carbocycles. The van der Waals surface area contributed by atoms with Gasteiger partial charge in [-0.1, -0.05) is 12.1 Å². The quantitative estimate of drug-likeness (QED) is 0.866. The molecule has 0 bridgehead atoms. The van der Waals surface area contributed by atoms with E-state index in [-0.39, 0.29) is 24.3 Å². The van der Waals surface area contributed by atoms with Crippen molar-refractivity contribution in [1.29, 1.82) is 0 Å². The van der Waals surface area contributed by atoms with Crippen LogP contribution in [-0.2, 0) is 17.8 Å². The first kappa shape index (κ1) is 14.0. The van der Waals surface area contributed by atoms with E-state index in [0.717, 1.165) is 5.56 Å². The van der Waals surface area contributed by atoms with Crippen LogP contribution in [0.5, 0.6) is 0 Å². The van der Waals surface area contributed by atoms with Crippen molar-refractivity contribution in [3.8, 4) is 0 Å². The molecule has 0 aliphatic rings. The van der Waals surface area contributed by atoms with Gasteiger partial charge in [-0.15, -0.1) is 0 Å². The molecule has 1 unspecified atom stereocenters. The number of nitrogens with zero attached hydrogens (tertiary/aromatic N) is 2. The lowest BCUT2D eigenvalue weighted by atomic mass is 10.1. The minimum Gasteiger partial charge on any atom is -0.396 e. The second kappa shape index (κ2) is 6.18. The SMILES string of the molecule is CC(Cc1ccc(F)cc1)NC(=O)Cn1cc(N)cn1. The van der Waals surface area contributed by atoms with Gasteiger partial charge in [0.2, 0.25) is 5.91 Å². The predicted molar refractivity (Wildman–Crippen MR) is 74.3 cm³/mol. The summed E-state index contributed by atoms with van der Waals surface area (Å²) in [4.78, 5) is 11.8. The number of halogens is 1. The van der Waals surface area contributed by atoms with Crippen molar-refractivity contribution in [2.45, 2.75) is 25.9 Å². The maximum absolute atomic E-state index is 12.8. The second-order valence-electron chi connectivity index (χ2n) is 4.77. The molecule has 1 atom stereocenters. The standard InChI is InChI=1S/C14H17FN4O/c1-10(6-11-2-4-12(15)5-3-11)18-14(20)9-19-8-13(16)7-17-19/h2-5,7-8,10H,6,9,16H2,1H3,(H,18,20). The lowest BCUT2D eigenvalue weighted by Crippen LogP contribution is -2.36. The summed E-state index contributed by atoms with van der Waals surface area (Å²) < 4.78 is 14.3. The number of hydrogen-bond donors (Lipinski definition) is 2. The third kappa shape index (κ3) is 4.08. The summed E-state index contributed by atoms with van der Waals surface area (Å²) in [5, 5.41) is 6.81. The predicted octanol–water partition coefficient (Wildman–Crippen LogP) is 1.35. The van der Waals surface area contributed by atoms with Gasteiger partial charge in [-0.3, -0.25) is 9.48 Å². The summed E-state index contributed by atoms with van der Waals surface area (Å²) >= 11 is 0. The fourth-order valence-electron chi connectivity index (χ4n) is 1.96. The lowest BCUT2D eigenvalue weighted by Gasteiger charge is -2.14. The van der Waals surface area contributed by atoms with Crippen LogP contribution in [0.15, 0.2) is 36.7 Å². The van der Waals surface area contributed by atoms with Gasteiger partial charge in [0.05, 0.1) is 11.9 Å². The largest absolute Gasteiger partial charge is 0.396 e. The Bertz CT molecular complexity index is 579. The summed E-state index contributed by atoms with van der Waals surface area (Å²) in [7, 11) is 0. The number of hydrogen-bond acceptors (Lipinski definition) is 3. The van der Waals surface area contributed by atoms with Gasteiger partial charge in [-0.2, -0.15) is 5.10 Å². The maximum Gasteiger partial charge on any atom is 0.241 e. The van der Waals surface area contributed by atoms with E-state index in [1.165, 1.54) is 23.0 Å². The van der Waals surface area contributed by atoms with Crippen LogP contribution in [0.1, 0.15) is 12.5 Å². The molecule has 5 nitrogen and oxygen atoms in total. The molecular weight excluding hydrogens is 259 g/mol. The molecule has 0 radical (unpaired) electrons. The number of rotatable bonds is 5. The first-order valence-corrected chi connectivity index (χ1v) is 6.34. The monoisotopic (exact) mass is 276 g/mol. The molecule has 0 spiro atoms. The van der Waals surface area contributed by atoms with Crippen LogP contribution in [0.2, 0.25) is 0 Å². The van der Waals surface area contributed by atoms with E-state index in [2.05, 4.69) is 10.4 Å². The molecule has 20 heavy (non-hydrogen) atoms. The van der Waals surface area contributed by atoms with Crippen LogP contribution in [0.25, 0.3) is 0 Å². The highest BCUT2D eigenvalue weighted by atomic mass is 19.1. The van der Waals surface area contributed by atoms with E-state index >= 15 is 0 Å². The van der Waals surface area contributed by atoms with Gasteiger partial charge in [0, 0.05) is 12.2 Å². The van der Waals surface area contributed by atoms with Crippen LogP contribution in [-0.4, -0.2) is 21.7 Å². The number of carbonyl (C=O) groups is 1. The topological polar surface area (TPSA) is 72.9 Å². The molecule has 0 fully saturated rings. The molecule has 2 aromatic rings. The van der Waals surface area contributed by atoms with Gasteiger partial charge in [0.1, 0.15) is 12.4 Å². The molecular formula is C14H17FN4O. The number of amides is 1. The number of carbonyl (C=O) groups excluding carboxylic acids is 1. The average Bonchev–Trinajstić information content (AvgIpc) is 2.77. The third-order valence-electron chi connectivity index (χ3n) is 2.82. The third-order valence-corrected chi connectivity index (χ3v) is 2.82. The van der Waals surface area contributed by atoms with E-state index in [0.29, 0.717) is 12.1 Å². The van der Waals surface area contributed by atoms with Gasteiger partial charge < -0.3 is 11.1 Å². The first-order chi connectivity index (χ1) is 9.52. The van der Waals surface area contributed by atoms with Crippen molar-refractivity contribution in [1.82, 2.24) is 15.1 Å². The molecule has 1 aromatic carbocycles. The minimum atomic E-state index is -0.262. The summed E-state index contributed by atoms with van der Waals surface area (Å²) in [6, 6.07) is 6.21. The van der Waals surface area contributed by atoms with Crippen molar-refractivity contribution in [2.75, 3.05) is 5.73 Å². The minimum absolute atomic E-state index is 0.0409. The Morgan fingerprint density at radius 1 is 1.45 bits per heavy atom. The number of anilines is 1. The number of benzene rings is 1. The summed E-state index contributed by atoms with van der Waals surface area (Å²) in [6.45, 7) is 2.03. The summed E-state index contributed by atoms with van der Waals surface area (Å²) in [6.07, 6.45) is 3.74. The van der Waals surface area contributed by atoms with E-state index in [1.54, 1.807) is 18.3 Å². The van der Waals surface area contributed by atoms with E-state index < -0.39 is 0 Å².